The lowest BCUT2D eigenvalue weighted by Crippen LogP contribution is -2.38. The molecule has 2 rings (SSSR count). The van der Waals surface area contributed by atoms with Gasteiger partial charge in [-0.3, -0.25) is 9.78 Å². The normalized spacial score (nSPS) is 19.7. The van der Waals surface area contributed by atoms with Crippen molar-refractivity contribution in [1.29, 1.82) is 5.26 Å². The van der Waals surface area contributed by atoms with Crippen molar-refractivity contribution >= 4 is 5.91 Å². The minimum atomic E-state index is -0.0685. The van der Waals surface area contributed by atoms with Gasteiger partial charge in [-0.05, 0) is 30.9 Å². The first-order valence-electron chi connectivity index (χ1n) is 5.89. The average Bonchev–Trinajstić information content (AvgIpc) is 2.40. The van der Waals surface area contributed by atoms with Crippen LogP contribution >= 0.6 is 0 Å². The summed E-state index contributed by atoms with van der Waals surface area (Å²) < 4.78 is 0. The lowest BCUT2D eigenvalue weighted by Gasteiger charge is -2.35. The zero-order valence-electron chi connectivity index (χ0n) is 9.67. The van der Waals surface area contributed by atoms with Crippen LogP contribution in [-0.2, 0) is 4.79 Å². The van der Waals surface area contributed by atoms with Gasteiger partial charge in [-0.1, -0.05) is 6.07 Å². The van der Waals surface area contributed by atoms with E-state index in [0.29, 0.717) is 0 Å². The van der Waals surface area contributed by atoms with Crippen LogP contribution in [0.15, 0.2) is 24.5 Å². The zero-order valence-corrected chi connectivity index (χ0v) is 9.67. The van der Waals surface area contributed by atoms with E-state index in [1.54, 1.807) is 6.20 Å². The summed E-state index contributed by atoms with van der Waals surface area (Å²) >= 11 is 0. The quantitative estimate of drug-likeness (QED) is 0.779. The van der Waals surface area contributed by atoms with E-state index in [1.807, 2.05) is 29.3 Å². The number of hydrogen-bond acceptors (Lipinski definition) is 3. The number of piperidine rings is 1. The van der Waals surface area contributed by atoms with E-state index in [-0.39, 0.29) is 18.4 Å². The number of carbonyl (C=O) groups excluding carboxylic acids is 1. The minimum Gasteiger partial charge on any atom is -0.335 e. The van der Waals surface area contributed by atoms with E-state index in [0.717, 1.165) is 31.4 Å². The third-order valence-corrected chi connectivity index (χ3v) is 3.12. The molecular weight excluding hydrogens is 214 g/mol. The summed E-state index contributed by atoms with van der Waals surface area (Å²) in [5.74, 6) is -0.0685. The number of nitriles is 1. The Morgan fingerprint density at radius 2 is 2.47 bits per heavy atom. The minimum absolute atomic E-state index is 0.0310. The summed E-state index contributed by atoms with van der Waals surface area (Å²) in [5.41, 5.74) is 1.07. The van der Waals surface area contributed by atoms with E-state index in [1.165, 1.54) is 0 Å². The van der Waals surface area contributed by atoms with Gasteiger partial charge in [0.25, 0.3) is 0 Å². The Labute approximate surface area is 101 Å². The van der Waals surface area contributed by atoms with Crippen molar-refractivity contribution < 1.29 is 4.79 Å². The molecule has 0 N–H and O–H groups in total. The van der Waals surface area contributed by atoms with Crippen LogP contribution in [0.5, 0.6) is 0 Å². The van der Waals surface area contributed by atoms with Crippen molar-refractivity contribution in [2.24, 2.45) is 0 Å². The molecule has 1 saturated heterocycles. The molecule has 0 saturated carbocycles. The van der Waals surface area contributed by atoms with Gasteiger partial charge in [-0.25, -0.2) is 0 Å². The van der Waals surface area contributed by atoms with Gasteiger partial charge >= 0.3 is 0 Å². The Bertz CT molecular complexity index is 424. The number of carbonyl (C=O) groups is 1. The summed E-state index contributed by atoms with van der Waals surface area (Å²) in [6.07, 6.45) is 6.61. The lowest BCUT2D eigenvalue weighted by atomic mass is 9.96. The number of aromatic nitrogens is 1. The van der Waals surface area contributed by atoms with E-state index < -0.39 is 0 Å². The van der Waals surface area contributed by atoms with Crippen LogP contribution in [-0.4, -0.2) is 22.3 Å². The van der Waals surface area contributed by atoms with E-state index in [9.17, 15) is 4.79 Å². The molecule has 0 radical (unpaired) electrons. The van der Waals surface area contributed by atoms with Crippen LogP contribution in [0.2, 0.25) is 0 Å². The average molecular weight is 229 g/mol. The Kier molecular flexibility index (Phi) is 3.71. The number of hydrogen-bond donors (Lipinski definition) is 0. The first-order valence-corrected chi connectivity index (χ1v) is 5.89. The van der Waals surface area contributed by atoms with E-state index in [2.05, 4.69) is 4.98 Å². The number of nitrogens with zero attached hydrogens (tertiary/aromatic N) is 3. The van der Waals surface area contributed by atoms with Gasteiger partial charge in [0.05, 0.1) is 12.1 Å². The molecule has 0 aliphatic carbocycles. The first-order chi connectivity index (χ1) is 8.33. The molecule has 1 unspecified atom stereocenters. The number of amides is 1. The SMILES string of the molecule is N#CCC(=O)N1CCCCC1c1cccnc1. The van der Waals surface area contributed by atoms with Crippen LogP contribution in [0.4, 0.5) is 0 Å². The molecule has 1 atom stereocenters. The van der Waals surface area contributed by atoms with Crippen LogP contribution in [0, 0.1) is 11.3 Å². The Balaban J connectivity index is 2.18. The molecule has 1 amide bonds. The molecule has 0 spiro atoms. The van der Waals surface area contributed by atoms with Crippen molar-refractivity contribution in [2.75, 3.05) is 6.54 Å². The molecule has 2 heterocycles. The van der Waals surface area contributed by atoms with E-state index >= 15 is 0 Å². The fraction of sp³-hybridized carbons (Fsp3) is 0.462. The van der Waals surface area contributed by atoms with Crippen LogP contribution in [0.3, 0.4) is 0 Å². The standard InChI is InChI=1S/C13H15N3O/c14-7-6-13(17)16-9-2-1-5-12(16)11-4-3-8-15-10-11/h3-4,8,10,12H,1-2,5-6,9H2. The van der Waals surface area contributed by atoms with Crippen molar-refractivity contribution in [3.63, 3.8) is 0 Å². The number of rotatable bonds is 2. The highest BCUT2D eigenvalue weighted by Gasteiger charge is 2.27. The van der Waals surface area contributed by atoms with Crippen LogP contribution < -0.4 is 0 Å². The second kappa shape index (κ2) is 5.44. The van der Waals surface area contributed by atoms with Gasteiger partial charge in [0.2, 0.25) is 5.91 Å². The zero-order chi connectivity index (χ0) is 12.1. The number of likely N-dealkylation sites (tertiary alicyclic amines) is 1. The largest absolute Gasteiger partial charge is 0.335 e. The second-order valence-electron chi connectivity index (χ2n) is 4.22. The summed E-state index contributed by atoms with van der Waals surface area (Å²) in [7, 11) is 0. The Morgan fingerprint density at radius 1 is 1.59 bits per heavy atom. The predicted octanol–water partition coefficient (Wildman–Crippen LogP) is 2.05. The number of pyridine rings is 1. The third kappa shape index (κ3) is 2.62. The van der Waals surface area contributed by atoms with Crippen molar-refractivity contribution in [3.8, 4) is 6.07 Å². The van der Waals surface area contributed by atoms with Crippen molar-refractivity contribution in [2.45, 2.75) is 31.7 Å². The molecule has 0 bridgehead atoms. The highest BCUT2D eigenvalue weighted by molar-refractivity contribution is 5.78. The Hall–Kier alpha value is -1.89. The summed E-state index contributed by atoms with van der Waals surface area (Å²) in [6, 6.07) is 5.91. The molecule has 1 aromatic rings. The summed E-state index contributed by atoms with van der Waals surface area (Å²) in [4.78, 5) is 17.8. The van der Waals surface area contributed by atoms with Gasteiger partial charge < -0.3 is 4.90 Å². The second-order valence-corrected chi connectivity index (χ2v) is 4.22. The molecule has 1 fully saturated rings. The van der Waals surface area contributed by atoms with Crippen molar-refractivity contribution in [3.05, 3.63) is 30.1 Å². The topological polar surface area (TPSA) is 57.0 Å². The van der Waals surface area contributed by atoms with Gasteiger partial charge in [0, 0.05) is 18.9 Å². The summed E-state index contributed by atoms with van der Waals surface area (Å²) in [6.45, 7) is 0.750. The highest BCUT2D eigenvalue weighted by Crippen LogP contribution is 2.30. The van der Waals surface area contributed by atoms with Gasteiger partial charge in [-0.15, -0.1) is 0 Å². The molecule has 17 heavy (non-hydrogen) atoms. The molecule has 1 aliphatic heterocycles. The molecule has 88 valence electrons. The molecule has 0 aromatic carbocycles. The highest BCUT2D eigenvalue weighted by atomic mass is 16.2. The smallest absolute Gasteiger partial charge is 0.237 e. The summed E-state index contributed by atoms with van der Waals surface area (Å²) in [5, 5.41) is 8.61. The van der Waals surface area contributed by atoms with Crippen LogP contribution in [0.1, 0.15) is 37.3 Å². The van der Waals surface area contributed by atoms with E-state index in [4.69, 9.17) is 5.26 Å². The molecule has 4 nitrogen and oxygen atoms in total. The van der Waals surface area contributed by atoms with Gasteiger partial charge in [0.15, 0.2) is 0 Å². The lowest BCUT2D eigenvalue weighted by molar-refractivity contribution is -0.133. The first kappa shape index (κ1) is 11.6. The fourth-order valence-corrected chi connectivity index (χ4v) is 2.32. The monoisotopic (exact) mass is 229 g/mol. The predicted molar refractivity (Wildman–Crippen MR) is 62.8 cm³/mol. The molecular formula is C13H15N3O. The fourth-order valence-electron chi connectivity index (χ4n) is 2.32. The molecule has 4 heteroatoms. The van der Waals surface area contributed by atoms with Crippen LogP contribution in [0.25, 0.3) is 0 Å². The maximum Gasteiger partial charge on any atom is 0.237 e. The third-order valence-electron chi connectivity index (χ3n) is 3.12. The Morgan fingerprint density at radius 3 is 3.18 bits per heavy atom. The van der Waals surface area contributed by atoms with Gasteiger partial charge in [0.1, 0.15) is 6.42 Å². The maximum absolute atomic E-state index is 11.9. The van der Waals surface area contributed by atoms with Crippen molar-refractivity contribution in [1.82, 2.24) is 9.88 Å². The van der Waals surface area contributed by atoms with Gasteiger partial charge in [-0.2, -0.15) is 5.26 Å². The maximum atomic E-state index is 11.9. The molecule has 1 aromatic heterocycles. The molecule has 1 aliphatic rings.